The molecule has 1 aromatic carbocycles. The highest BCUT2D eigenvalue weighted by molar-refractivity contribution is 5.53. The van der Waals surface area contributed by atoms with E-state index in [2.05, 4.69) is 13.8 Å². The third kappa shape index (κ3) is 1.27. The average Bonchev–Trinajstić information content (AvgIpc) is 2.15. The summed E-state index contributed by atoms with van der Waals surface area (Å²) >= 11 is 0. The maximum Gasteiger partial charge on any atom is 0.161 e. The Morgan fingerprint density at radius 2 is 1.64 bits per heavy atom. The molecule has 0 aromatic heterocycles. The first-order chi connectivity index (χ1) is 6.59. The average molecular weight is 190 g/mol. The molecule has 0 fully saturated rings. The number of rotatable bonds is 0. The van der Waals surface area contributed by atoms with E-state index in [4.69, 9.17) is 0 Å². The molecule has 0 saturated carbocycles. The lowest BCUT2D eigenvalue weighted by Gasteiger charge is -2.20. The van der Waals surface area contributed by atoms with Crippen LogP contribution >= 0.6 is 0 Å². The minimum absolute atomic E-state index is 0.0175. The standard InChI is InChI=1S/C12H14O2/c1-7-5-9-3-4-11(13)12(14)10(9)6-8(7)2/h3-4,13-14H,5-6H2,1-2H3. The summed E-state index contributed by atoms with van der Waals surface area (Å²) < 4.78 is 0. The second-order valence-electron chi connectivity index (χ2n) is 3.99. The Hall–Kier alpha value is -1.44. The first kappa shape index (κ1) is 9.13. The maximum atomic E-state index is 9.67. The smallest absolute Gasteiger partial charge is 0.161 e. The molecular weight excluding hydrogens is 176 g/mol. The van der Waals surface area contributed by atoms with Crippen molar-refractivity contribution in [2.24, 2.45) is 0 Å². The highest BCUT2D eigenvalue weighted by Crippen LogP contribution is 2.37. The van der Waals surface area contributed by atoms with E-state index in [1.807, 2.05) is 6.07 Å². The van der Waals surface area contributed by atoms with E-state index < -0.39 is 0 Å². The van der Waals surface area contributed by atoms with Crippen LogP contribution in [0.5, 0.6) is 11.5 Å². The molecule has 1 aliphatic carbocycles. The Morgan fingerprint density at radius 3 is 2.36 bits per heavy atom. The van der Waals surface area contributed by atoms with Crippen LogP contribution in [0.4, 0.5) is 0 Å². The fraction of sp³-hybridized carbons (Fsp3) is 0.333. The summed E-state index contributed by atoms with van der Waals surface area (Å²) in [5.41, 5.74) is 4.66. The summed E-state index contributed by atoms with van der Waals surface area (Å²) in [6.07, 6.45) is 1.64. The number of hydrogen-bond acceptors (Lipinski definition) is 2. The molecule has 14 heavy (non-hydrogen) atoms. The van der Waals surface area contributed by atoms with Gasteiger partial charge in [0, 0.05) is 5.56 Å². The predicted octanol–water partition coefficient (Wildman–Crippen LogP) is 2.53. The third-order valence-corrected chi connectivity index (χ3v) is 2.98. The van der Waals surface area contributed by atoms with Crippen LogP contribution < -0.4 is 0 Å². The molecular formula is C12H14O2. The van der Waals surface area contributed by atoms with Crippen LogP contribution in [0.2, 0.25) is 0 Å². The van der Waals surface area contributed by atoms with Gasteiger partial charge in [-0.05, 0) is 38.3 Å². The topological polar surface area (TPSA) is 40.5 Å². The zero-order valence-electron chi connectivity index (χ0n) is 8.46. The van der Waals surface area contributed by atoms with Gasteiger partial charge in [0.15, 0.2) is 11.5 Å². The number of aromatic hydroxyl groups is 2. The van der Waals surface area contributed by atoms with Gasteiger partial charge in [0.2, 0.25) is 0 Å². The fourth-order valence-electron chi connectivity index (χ4n) is 1.88. The molecule has 1 aliphatic rings. The SMILES string of the molecule is CC1=C(C)Cc2c(ccc(O)c2O)C1. The van der Waals surface area contributed by atoms with Crippen molar-refractivity contribution in [1.82, 2.24) is 0 Å². The van der Waals surface area contributed by atoms with Gasteiger partial charge in [-0.1, -0.05) is 17.2 Å². The summed E-state index contributed by atoms with van der Waals surface area (Å²) in [6, 6.07) is 3.45. The van der Waals surface area contributed by atoms with E-state index in [-0.39, 0.29) is 11.5 Å². The van der Waals surface area contributed by atoms with Crippen LogP contribution in [0.15, 0.2) is 23.3 Å². The summed E-state index contributed by atoms with van der Waals surface area (Å²) in [7, 11) is 0. The summed E-state index contributed by atoms with van der Waals surface area (Å²) in [4.78, 5) is 0. The third-order valence-electron chi connectivity index (χ3n) is 2.98. The van der Waals surface area contributed by atoms with Gasteiger partial charge in [-0.25, -0.2) is 0 Å². The summed E-state index contributed by atoms with van der Waals surface area (Å²) in [5, 5.41) is 19.0. The quantitative estimate of drug-likeness (QED) is 0.487. The van der Waals surface area contributed by atoms with Crippen molar-refractivity contribution in [3.05, 3.63) is 34.4 Å². The van der Waals surface area contributed by atoms with Crippen LogP contribution in [-0.2, 0) is 12.8 Å². The molecule has 0 saturated heterocycles. The number of fused-ring (bicyclic) bond motifs is 1. The van der Waals surface area contributed by atoms with E-state index in [1.165, 1.54) is 11.1 Å². The lowest BCUT2D eigenvalue weighted by molar-refractivity contribution is 0.399. The van der Waals surface area contributed by atoms with Crippen LogP contribution in [0.25, 0.3) is 0 Å². The molecule has 74 valence electrons. The summed E-state index contributed by atoms with van der Waals surface area (Å²) in [6.45, 7) is 4.18. The van der Waals surface area contributed by atoms with Crippen molar-refractivity contribution in [3.8, 4) is 11.5 Å². The lowest BCUT2D eigenvalue weighted by atomic mass is 9.87. The molecule has 2 heteroatoms. The number of allylic oxidation sites excluding steroid dienone is 2. The Labute approximate surface area is 83.5 Å². The second kappa shape index (κ2) is 3.05. The van der Waals surface area contributed by atoms with Gasteiger partial charge in [0.05, 0.1) is 0 Å². The maximum absolute atomic E-state index is 9.67. The highest BCUT2D eigenvalue weighted by Gasteiger charge is 2.17. The molecule has 0 atom stereocenters. The number of hydrogen-bond donors (Lipinski definition) is 2. The molecule has 0 unspecified atom stereocenters. The van der Waals surface area contributed by atoms with Crippen LogP contribution in [0.3, 0.4) is 0 Å². The van der Waals surface area contributed by atoms with Crippen LogP contribution in [-0.4, -0.2) is 10.2 Å². The van der Waals surface area contributed by atoms with Crippen molar-refractivity contribution >= 4 is 0 Å². The van der Waals surface area contributed by atoms with Gasteiger partial charge in [-0.3, -0.25) is 0 Å². The van der Waals surface area contributed by atoms with E-state index in [1.54, 1.807) is 6.07 Å². The minimum Gasteiger partial charge on any atom is -0.504 e. The Balaban J connectivity index is 2.54. The van der Waals surface area contributed by atoms with Gasteiger partial charge in [0.1, 0.15) is 0 Å². The molecule has 2 rings (SSSR count). The normalized spacial score (nSPS) is 15.6. The zero-order valence-corrected chi connectivity index (χ0v) is 8.46. The molecule has 1 aromatic rings. The molecule has 2 nitrogen and oxygen atoms in total. The molecule has 0 spiro atoms. The van der Waals surface area contributed by atoms with Crippen molar-refractivity contribution < 1.29 is 10.2 Å². The van der Waals surface area contributed by atoms with Gasteiger partial charge in [-0.2, -0.15) is 0 Å². The molecule has 0 radical (unpaired) electrons. The number of phenolic OH excluding ortho intramolecular Hbond substituents is 2. The lowest BCUT2D eigenvalue weighted by Crippen LogP contribution is -2.05. The fourth-order valence-corrected chi connectivity index (χ4v) is 1.88. The molecule has 2 N–H and O–H groups in total. The van der Waals surface area contributed by atoms with Crippen molar-refractivity contribution in [3.63, 3.8) is 0 Å². The van der Waals surface area contributed by atoms with Gasteiger partial charge in [-0.15, -0.1) is 0 Å². The van der Waals surface area contributed by atoms with E-state index in [0.717, 1.165) is 24.0 Å². The molecule has 0 aliphatic heterocycles. The minimum atomic E-state index is -0.0175. The predicted molar refractivity (Wildman–Crippen MR) is 55.6 cm³/mol. The molecule has 0 bridgehead atoms. The van der Waals surface area contributed by atoms with Gasteiger partial charge < -0.3 is 10.2 Å². The summed E-state index contributed by atoms with van der Waals surface area (Å²) in [5.74, 6) is 0.0328. The first-order valence-corrected chi connectivity index (χ1v) is 4.77. The van der Waals surface area contributed by atoms with Crippen LogP contribution in [0.1, 0.15) is 25.0 Å². The second-order valence-corrected chi connectivity index (χ2v) is 3.99. The van der Waals surface area contributed by atoms with E-state index >= 15 is 0 Å². The highest BCUT2D eigenvalue weighted by atomic mass is 16.3. The molecule has 0 heterocycles. The van der Waals surface area contributed by atoms with Crippen molar-refractivity contribution in [1.29, 1.82) is 0 Å². The van der Waals surface area contributed by atoms with E-state index in [9.17, 15) is 10.2 Å². The van der Waals surface area contributed by atoms with Crippen LogP contribution in [0, 0.1) is 0 Å². The zero-order chi connectivity index (χ0) is 10.3. The van der Waals surface area contributed by atoms with Crippen molar-refractivity contribution in [2.45, 2.75) is 26.7 Å². The number of phenols is 2. The van der Waals surface area contributed by atoms with Gasteiger partial charge >= 0.3 is 0 Å². The van der Waals surface area contributed by atoms with Gasteiger partial charge in [0.25, 0.3) is 0 Å². The Kier molecular flexibility index (Phi) is 1.99. The monoisotopic (exact) mass is 190 g/mol. The Bertz CT molecular complexity index is 417. The van der Waals surface area contributed by atoms with Crippen molar-refractivity contribution in [2.75, 3.05) is 0 Å². The first-order valence-electron chi connectivity index (χ1n) is 4.77. The number of benzene rings is 1. The largest absolute Gasteiger partial charge is 0.504 e. The van der Waals surface area contributed by atoms with E-state index in [0.29, 0.717) is 0 Å². The Morgan fingerprint density at radius 1 is 1.00 bits per heavy atom. The molecule has 0 amide bonds.